The Morgan fingerprint density at radius 2 is 1.33 bits per heavy atom. The van der Waals surface area contributed by atoms with Crippen molar-refractivity contribution in [2.75, 3.05) is 0 Å². The highest BCUT2D eigenvalue weighted by molar-refractivity contribution is 5.79. The van der Waals surface area contributed by atoms with Crippen molar-refractivity contribution in [1.82, 2.24) is 0 Å². The minimum atomic E-state index is -0.489. The van der Waals surface area contributed by atoms with Gasteiger partial charge in [0.05, 0.1) is 5.56 Å². The van der Waals surface area contributed by atoms with E-state index >= 15 is 0 Å². The van der Waals surface area contributed by atoms with Crippen LogP contribution in [0.25, 0.3) is 12.2 Å². The molecule has 0 atom stereocenters. The van der Waals surface area contributed by atoms with Gasteiger partial charge in [-0.2, -0.15) is 0 Å². The van der Waals surface area contributed by atoms with Crippen LogP contribution in [0, 0.1) is 6.92 Å². The highest BCUT2D eigenvalue weighted by Crippen LogP contribution is 2.42. The second kappa shape index (κ2) is 7.87. The molecule has 4 heteroatoms. The van der Waals surface area contributed by atoms with E-state index in [1.807, 2.05) is 18.2 Å². The summed E-state index contributed by atoms with van der Waals surface area (Å²) in [6, 6.07) is 17.3. The summed E-state index contributed by atoms with van der Waals surface area (Å²) in [5, 5.41) is 39.0. The lowest BCUT2D eigenvalue weighted by atomic mass is 10.0. The average Bonchev–Trinajstić information content (AvgIpc) is 2.66. The van der Waals surface area contributed by atoms with Crippen molar-refractivity contribution in [3.8, 4) is 23.0 Å². The van der Waals surface area contributed by atoms with Crippen LogP contribution in [0.5, 0.6) is 23.0 Å². The molecule has 138 valence electrons. The summed E-state index contributed by atoms with van der Waals surface area (Å²) in [5.74, 6) is -1.93. The molecule has 3 rings (SSSR count). The minimum absolute atomic E-state index is 0.0300. The van der Waals surface area contributed by atoms with E-state index in [1.165, 1.54) is 22.8 Å². The molecule has 4 nitrogen and oxygen atoms in total. The van der Waals surface area contributed by atoms with Crippen molar-refractivity contribution in [3.05, 3.63) is 82.4 Å². The number of hydrogen-bond donors (Lipinski definition) is 4. The maximum Gasteiger partial charge on any atom is 0.168 e. The SMILES string of the molecule is Cc1ccc(CCc2cccc(C=Cc3c(O)c(O)cc(O)c3O)c2)cc1. The number of phenolic OH excluding ortho intramolecular Hbond substituents is 4. The molecule has 0 spiro atoms. The summed E-state index contributed by atoms with van der Waals surface area (Å²) >= 11 is 0. The Balaban J connectivity index is 1.76. The summed E-state index contributed by atoms with van der Waals surface area (Å²) in [4.78, 5) is 0. The molecule has 3 aromatic rings. The lowest BCUT2D eigenvalue weighted by Gasteiger charge is -2.07. The molecule has 3 aromatic carbocycles. The van der Waals surface area contributed by atoms with Gasteiger partial charge in [-0.05, 0) is 42.5 Å². The summed E-state index contributed by atoms with van der Waals surface area (Å²) in [6.45, 7) is 2.07. The fourth-order valence-electron chi connectivity index (χ4n) is 2.89. The third-order valence-electron chi connectivity index (χ3n) is 4.49. The topological polar surface area (TPSA) is 80.9 Å². The van der Waals surface area contributed by atoms with Crippen LogP contribution in [0.4, 0.5) is 0 Å². The van der Waals surface area contributed by atoms with Crippen molar-refractivity contribution in [1.29, 1.82) is 0 Å². The third-order valence-corrected chi connectivity index (χ3v) is 4.49. The van der Waals surface area contributed by atoms with Crippen LogP contribution < -0.4 is 0 Å². The van der Waals surface area contributed by atoms with E-state index in [1.54, 1.807) is 6.08 Å². The molecule has 0 aliphatic heterocycles. The van der Waals surface area contributed by atoms with E-state index in [2.05, 4.69) is 37.3 Å². The van der Waals surface area contributed by atoms with Crippen LogP contribution in [0.15, 0.2) is 54.6 Å². The van der Waals surface area contributed by atoms with E-state index in [4.69, 9.17) is 0 Å². The van der Waals surface area contributed by atoms with Gasteiger partial charge in [-0.25, -0.2) is 0 Å². The molecule has 0 fully saturated rings. The molecule has 0 bridgehead atoms. The second-order valence-corrected chi connectivity index (χ2v) is 6.59. The van der Waals surface area contributed by atoms with Crippen molar-refractivity contribution in [2.24, 2.45) is 0 Å². The molecule has 0 saturated heterocycles. The number of aromatic hydroxyl groups is 4. The molecular weight excluding hydrogens is 340 g/mol. The standard InChI is InChI=1S/C23H22O4/c1-15-5-7-16(8-6-15)9-10-17-3-2-4-18(13-17)11-12-19-22(26)20(24)14-21(25)23(19)27/h2-8,11-14,24-27H,9-10H2,1H3. The van der Waals surface area contributed by atoms with E-state index < -0.39 is 23.0 Å². The quantitative estimate of drug-likeness (QED) is 0.299. The van der Waals surface area contributed by atoms with Crippen LogP contribution in [0.1, 0.15) is 27.8 Å². The van der Waals surface area contributed by atoms with Crippen LogP contribution in [0.2, 0.25) is 0 Å². The fraction of sp³-hybridized carbons (Fsp3) is 0.130. The Morgan fingerprint density at radius 1 is 0.704 bits per heavy atom. The first-order valence-electron chi connectivity index (χ1n) is 8.73. The molecule has 27 heavy (non-hydrogen) atoms. The first-order valence-corrected chi connectivity index (χ1v) is 8.73. The first-order chi connectivity index (χ1) is 12.9. The molecule has 0 heterocycles. The van der Waals surface area contributed by atoms with Gasteiger partial charge in [0.1, 0.15) is 0 Å². The zero-order chi connectivity index (χ0) is 19.4. The molecule has 0 radical (unpaired) electrons. The van der Waals surface area contributed by atoms with Crippen molar-refractivity contribution < 1.29 is 20.4 Å². The lowest BCUT2D eigenvalue weighted by Crippen LogP contribution is -1.91. The maximum atomic E-state index is 9.89. The van der Waals surface area contributed by atoms with E-state index in [0.29, 0.717) is 0 Å². The number of rotatable bonds is 5. The smallest absolute Gasteiger partial charge is 0.168 e. The molecule has 0 aromatic heterocycles. The summed E-state index contributed by atoms with van der Waals surface area (Å²) in [7, 11) is 0. The van der Waals surface area contributed by atoms with Gasteiger partial charge in [0.2, 0.25) is 0 Å². The molecule has 0 amide bonds. The highest BCUT2D eigenvalue weighted by atomic mass is 16.3. The average molecular weight is 362 g/mol. The molecular formula is C23H22O4. The van der Waals surface area contributed by atoms with Crippen LogP contribution in [0.3, 0.4) is 0 Å². The first kappa shape index (κ1) is 18.4. The Kier molecular flexibility index (Phi) is 5.36. The zero-order valence-electron chi connectivity index (χ0n) is 15.1. The Hall–Kier alpha value is -3.40. The van der Waals surface area contributed by atoms with Gasteiger partial charge in [0.15, 0.2) is 23.0 Å². The van der Waals surface area contributed by atoms with Gasteiger partial charge in [-0.3, -0.25) is 0 Å². The Bertz CT molecular complexity index is 946. The largest absolute Gasteiger partial charge is 0.504 e. The monoisotopic (exact) mass is 362 g/mol. The molecule has 0 aliphatic carbocycles. The van der Waals surface area contributed by atoms with Gasteiger partial charge in [0.25, 0.3) is 0 Å². The third kappa shape index (κ3) is 4.42. The van der Waals surface area contributed by atoms with Crippen LogP contribution in [-0.4, -0.2) is 20.4 Å². The lowest BCUT2D eigenvalue weighted by molar-refractivity contribution is 0.371. The predicted molar refractivity (Wildman–Crippen MR) is 107 cm³/mol. The number of phenols is 4. The summed E-state index contributed by atoms with van der Waals surface area (Å²) in [5.41, 5.74) is 4.56. The Morgan fingerprint density at radius 3 is 2.00 bits per heavy atom. The van der Waals surface area contributed by atoms with E-state index in [-0.39, 0.29) is 5.56 Å². The highest BCUT2D eigenvalue weighted by Gasteiger charge is 2.14. The predicted octanol–water partition coefficient (Wildman–Crippen LogP) is 4.77. The van der Waals surface area contributed by atoms with E-state index in [9.17, 15) is 20.4 Å². The molecule has 4 N–H and O–H groups in total. The van der Waals surface area contributed by atoms with Gasteiger partial charge < -0.3 is 20.4 Å². The maximum absolute atomic E-state index is 9.89. The number of benzene rings is 3. The van der Waals surface area contributed by atoms with Gasteiger partial charge >= 0.3 is 0 Å². The van der Waals surface area contributed by atoms with Crippen molar-refractivity contribution >= 4 is 12.2 Å². The van der Waals surface area contributed by atoms with Crippen LogP contribution in [-0.2, 0) is 12.8 Å². The van der Waals surface area contributed by atoms with E-state index in [0.717, 1.165) is 24.5 Å². The molecule has 0 aliphatic rings. The van der Waals surface area contributed by atoms with Gasteiger partial charge in [0, 0.05) is 6.07 Å². The van der Waals surface area contributed by atoms with Gasteiger partial charge in [-0.1, -0.05) is 60.2 Å². The number of hydrogen-bond acceptors (Lipinski definition) is 4. The normalized spacial score (nSPS) is 11.1. The van der Waals surface area contributed by atoms with Crippen molar-refractivity contribution in [3.63, 3.8) is 0 Å². The van der Waals surface area contributed by atoms with Crippen LogP contribution >= 0.6 is 0 Å². The molecule has 0 saturated carbocycles. The number of aryl methyl sites for hydroxylation is 3. The minimum Gasteiger partial charge on any atom is -0.504 e. The second-order valence-electron chi connectivity index (χ2n) is 6.59. The zero-order valence-corrected chi connectivity index (χ0v) is 15.1. The van der Waals surface area contributed by atoms with Crippen molar-refractivity contribution in [2.45, 2.75) is 19.8 Å². The fourth-order valence-corrected chi connectivity index (χ4v) is 2.89. The summed E-state index contributed by atoms with van der Waals surface area (Å²) < 4.78 is 0. The molecule has 0 unspecified atom stereocenters. The Labute approximate surface area is 158 Å². The van der Waals surface area contributed by atoms with Gasteiger partial charge in [-0.15, -0.1) is 0 Å². The summed E-state index contributed by atoms with van der Waals surface area (Å²) in [6.07, 6.45) is 5.01.